The fourth-order valence-electron chi connectivity index (χ4n) is 4.02. The van der Waals surface area contributed by atoms with Gasteiger partial charge in [0.25, 0.3) is 5.91 Å². The van der Waals surface area contributed by atoms with E-state index in [9.17, 15) is 14.0 Å². The molecule has 1 atom stereocenters. The van der Waals surface area contributed by atoms with Crippen molar-refractivity contribution in [1.29, 1.82) is 0 Å². The van der Waals surface area contributed by atoms with Gasteiger partial charge in [0.2, 0.25) is 0 Å². The number of benzene rings is 2. The van der Waals surface area contributed by atoms with E-state index in [4.69, 9.17) is 4.74 Å². The molecule has 0 bridgehead atoms. The van der Waals surface area contributed by atoms with E-state index in [0.717, 1.165) is 28.7 Å². The number of halogens is 1. The van der Waals surface area contributed by atoms with Gasteiger partial charge in [-0.2, -0.15) is 0 Å². The number of nitrogens with one attached hydrogen (secondary N) is 1. The summed E-state index contributed by atoms with van der Waals surface area (Å²) < 4.78 is 19.0. The van der Waals surface area contributed by atoms with Crippen molar-refractivity contribution in [3.63, 3.8) is 0 Å². The predicted molar refractivity (Wildman–Crippen MR) is 108 cm³/mol. The topological polar surface area (TPSA) is 58.6 Å². The van der Waals surface area contributed by atoms with Gasteiger partial charge in [0.05, 0.1) is 0 Å². The van der Waals surface area contributed by atoms with Crippen LogP contribution < -0.4 is 5.32 Å². The maximum Gasteiger partial charge on any atom is 0.410 e. The van der Waals surface area contributed by atoms with Crippen molar-refractivity contribution in [2.75, 3.05) is 13.1 Å². The second-order valence-corrected chi connectivity index (χ2v) is 8.70. The molecule has 29 heavy (non-hydrogen) atoms. The zero-order valence-electron chi connectivity index (χ0n) is 16.9. The molecule has 1 fully saturated rings. The number of amides is 2. The van der Waals surface area contributed by atoms with Crippen molar-refractivity contribution in [1.82, 2.24) is 10.2 Å². The Morgan fingerprint density at radius 2 is 1.90 bits per heavy atom. The minimum absolute atomic E-state index is 0.0864. The number of hydrogen-bond acceptors (Lipinski definition) is 3. The average molecular weight is 396 g/mol. The van der Waals surface area contributed by atoms with Gasteiger partial charge >= 0.3 is 6.09 Å². The van der Waals surface area contributed by atoms with Crippen molar-refractivity contribution in [2.45, 2.75) is 45.3 Å². The first kappa shape index (κ1) is 19.4. The summed E-state index contributed by atoms with van der Waals surface area (Å²) in [5.74, 6) is -0.258. The van der Waals surface area contributed by atoms with Crippen LogP contribution in [-0.4, -0.2) is 35.6 Å². The molecule has 4 rings (SSSR count). The zero-order chi connectivity index (χ0) is 20.8. The Morgan fingerprint density at radius 3 is 2.59 bits per heavy atom. The van der Waals surface area contributed by atoms with Crippen molar-refractivity contribution >= 4 is 12.0 Å². The zero-order valence-corrected chi connectivity index (χ0v) is 16.9. The van der Waals surface area contributed by atoms with Gasteiger partial charge in [0.15, 0.2) is 0 Å². The molecule has 2 aromatic rings. The van der Waals surface area contributed by atoms with E-state index >= 15 is 0 Å². The fourth-order valence-corrected chi connectivity index (χ4v) is 4.02. The third-order valence-corrected chi connectivity index (χ3v) is 5.39. The van der Waals surface area contributed by atoms with Gasteiger partial charge in [-0.3, -0.25) is 4.79 Å². The maximum atomic E-state index is 13.4. The van der Waals surface area contributed by atoms with Crippen LogP contribution in [0, 0.1) is 5.82 Å². The molecule has 1 unspecified atom stereocenters. The molecular weight excluding hydrogens is 371 g/mol. The molecule has 2 heterocycles. The number of rotatable bonds is 2. The van der Waals surface area contributed by atoms with Crippen LogP contribution in [0.15, 0.2) is 36.4 Å². The highest BCUT2D eigenvalue weighted by molar-refractivity contribution is 6.00. The Balaban J connectivity index is 1.67. The molecule has 0 spiro atoms. The van der Waals surface area contributed by atoms with Crippen molar-refractivity contribution < 1.29 is 18.7 Å². The minimum atomic E-state index is -0.534. The van der Waals surface area contributed by atoms with E-state index in [1.807, 2.05) is 26.8 Å². The van der Waals surface area contributed by atoms with Crippen molar-refractivity contribution in [2.24, 2.45) is 0 Å². The molecule has 1 saturated heterocycles. The molecule has 2 aliphatic heterocycles. The van der Waals surface area contributed by atoms with E-state index in [2.05, 4.69) is 11.4 Å². The van der Waals surface area contributed by atoms with E-state index in [0.29, 0.717) is 25.2 Å². The molecule has 2 aliphatic rings. The van der Waals surface area contributed by atoms with Crippen LogP contribution in [0.3, 0.4) is 0 Å². The monoisotopic (exact) mass is 396 g/mol. The standard InChI is InChI=1S/C23H25FN2O3/c1-23(2,3)29-22(28)26-9-8-15(13-26)18-10-16-12-25-21(27)20(16)11-19(18)14-4-6-17(24)7-5-14/h4-7,10-11,15H,8-9,12-13H2,1-3H3,(H,25,27). The highest BCUT2D eigenvalue weighted by Gasteiger charge is 2.33. The van der Waals surface area contributed by atoms with Crippen molar-refractivity contribution in [3.05, 3.63) is 58.9 Å². The largest absolute Gasteiger partial charge is 0.444 e. The molecule has 6 heteroatoms. The second-order valence-electron chi connectivity index (χ2n) is 8.70. The Labute approximate surface area is 169 Å². The van der Waals surface area contributed by atoms with Crippen LogP contribution >= 0.6 is 0 Å². The number of carbonyl (C=O) groups is 2. The summed E-state index contributed by atoms with van der Waals surface area (Å²) in [6.07, 6.45) is 0.509. The van der Waals surface area contributed by atoms with Crippen molar-refractivity contribution in [3.8, 4) is 11.1 Å². The lowest BCUT2D eigenvalue weighted by Gasteiger charge is -2.24. The lowest BCUT2D eigenvalue weighted by atomic mass is 9.87. The first-order valence-corrected chi connectivity index (χ1v) is 9.90. The van der Waals surface area contributed by atoms with Crippen LogP contribution in [0.5, 0.6) is 0 Å². The summed E-state index contributed by atoms with van der Waals surface area (Å²) in [5.41, 5.74) is 3.95. The molecule has 152 valence electrons. The minimum Gasteiger partial charge on any atom is -0.444 e. The molecule has 0 radical (unpaired) electrons. The molecule has 0 aliphatic carbocycles. The molecule has 5 nitrogen and oxygen atoms in total. The maximum absolute atomic E-state index is 13.4. The van der Waals surface area contributed by atoms with Gasteiger partial charge in [-0.15, -0.1) is 0 Å². The molecule has 0 saturated carbocycles. The molecular formula is C23H25FN2O3. The normalized spacial score (nSPS) is 18.6. The first-order chi connectivity index (χ1) is 13.7. The van der Waals surface area contributed by atoms with Gasteiger partial charge in [0, 0.05) is 31.1 Å². The summed E-state index contributed by atoms with van der Waals surface area (Å²) >= 11 is 0. The molecule has 0 aromatic heterocycles. The average Bonchev–Trinajstić information content (AvgIpc) is 3.28. The Kier molecular flexibility index (Phi) is 4.81. The van der Waals surface area contributed by atoms with E-state index in [-0.39, 0.29) is 23.7 Å². The lowest BCUT2D eigenvalue weighted by Crippen LogP contribution is -2.35. The fraction of sp³-hybridized carbons (Fsp3) is 0.391. The van der Waals surface area contributed by atoms with Crippen LogP contribution in [0.4, 0.5) is 9.18 Å². The van der Waals surface area contributed by atoms with E-state index in [1.165, 1.54) is 12.1 Å². The van der Waals surface area contributed by atoms with Gasteiger partial charge in [0.1, 0.15) is 11.4 Å². The summed E-state index contributed by atoms with van der Waals surface area (Å²) in [7, 11) is 0. The Hall–Kier alpha value is -2.89. The quantitative estimate of drug-likeness (QED) is 0.815. The van der Waals surface area contributed by atoms with E-state index in [1.54, 1.807) is 17.0 Å². The molecule has 2 amide bonds. The third-order valence-electron chi connectivity index (χ3n) is 5.39. The number of nitrogens with zero attached hydrogens (tertiary/aromatic N) is 1. The number of hydrogen-bond donors (Lipinski definition) is 1. The summed E-state index contributed by atoms with van der Waals surface area (Å²) in [5, 5.41) is 2.86. The van der Waals surface area contributed by atoms with Crippen LogP contribution in [0.25, 0.3) is 11.1 Å². The SMILES string of the molecule is CC(C)(C)OC(=O)N1CCC(c2cc3c(cc2-c2ccc(F)cc2)C(=O)NC3)C1. The third kappa shape index (κ3) is 3.97. The Bertz CT molecular complexity index is 963. The summed E-state index contributed by atoms with van der Waals surface area (Å²) in [4.78, 5) is 26.4. The van der Waals surface area contributed by atoms with Gasteiger partial charge in [-0.1, -0.05) is 18.2 Å². The second kappa shape index (κ2) is 7.17. The Morgan fingerprint density at radius 1 is 1.17 bits per heavy atom. The van der Waals surface area contributed by atoms with Gasteiger partial charge < -0.3 is 15.0 Å². The number of likely N-dealkylation sites (tertiary alicyclic amines) is 1. The number of carbonyl (C=O) groups excluding carboxylic acids is 2. The van der Waals surface area contributed by atoms with Gasteiger partial charge in [-0.05, 0) is 67.6 Å². The highest BCUT2D eigenvalue weighted by atomic mass is 19.1. The van der Waals surface area contributed by atoms with E-state index < -0.39 is 5.60 Å². The summed E-state index contributed by atoms with van der Waals surface area (Å²) in [6.45, 7) is 7.26. The van der Waals surface area contributed by atoms with Crippen LogP contribution in [0.1, 0.15) is 54.6 Å². The summed E-state index contributed by atoms with van der Waals surface area (Å²) in [6, 6.07) is 10.3. The van der Waals surface area contributed by atoms with Crippen LogP contribution in [-0.2, 0) is 11.3 Å². The van der Waals surface area contributed by atoms with Gasteiger partial charge in [-0.25, -0.2) is 9.18 Å². The lowest BCUT2D eigenvalue weighted by molar-refractivity contribution is 0.0292. The number of fused-ring (bicyclic) bond motifs is 1. The molecule has 2 aromatic carbocycles. The smallest absolute Gasteiger partial charge is 0.410 e. The highest BCUT2D eigenvalue weighted by Crippen LogP contribution is 2.38. The predicted octanol–water partition coefficient (Wildman–Crippen LogP) is 4.46. The van der Waals surface area contributed by atoms with Crippen LogP contribution in [0.2, 0.25) is 0 Å². The first-order valence-electron chi connectivity index (χ1n) is 9.90. The number of ether oxygens (including phenoxy) is 1. The molecule has 1 N–H and O–H groups in total.